The van der Waals surface area contributed by atoms with Gasteiger partial charge in [-0.1, -0.05) is 12.2 Å². The fourth-order valence-corrected chi connectivity index (χ4v) is 3.25. The van der Waals surface area contributed by atoms with E-state index < -0.39 is 0 Å². The van der Waals surface area contributed by atoms with Gasteiger partial charge in [-0.25, -0.2) is 0 Å². The second kappa shape index (κ2) is 4.49. The van der Waals surface area contributed by atoms with E-state index in [0.717, 1.165) is 12.3 Å². The summed E-state index contributed by atoms with van der Waals surface area (Å²) in [5.41, 5.74) is 0. The van der Waals surface area contributed by atoms with Gasteiger partial charge >= 0.3 is 0 Å². The summed E-state index contributed by atoms with van der Waals surface area (Å²) in [4.78, 5) is 0. The van der Waals surface area contributed by atoms with Crippen LogP contribution in [0.1, 0.15) is 12.8 Å². The topological polar surface area (TPSA) is 32.3 Å². The summed E-state index contributed by atoms with van der Waals surface area (Å²) in [5, 5.41) is 13.3. The van der Waals surface area contributed by atoms with Crippen LogP contribution >= 0.6 is 11.8 Å². The first-order valence-corrected chi connectivity index (χ1v) is 6.19. The molecule has 1 fully saturated rings. The number of rotatable bonds is 2. The molecule has 3 heteroatoms. The van der Waals surface area contributed by atoms with Crippen molar-refractivity contribution in [3.63, 3.8) is 0 Å². The molecule has 2 N–H and O–H groups in total. The maximum atomic E-state index is 10.0. The Kier molecular flexibility index (Phi) is 3.30. The van der Waals surface area contributed by atoms with Gasteiger partial charge < -0.3 is 10.4 Å². The van der Waals surface area contributed by atoms with Gasteiger partial charge in [-0.05, 0) is 30.3 Å². The van der Waals surface area contributed by atoms with Gasteiger partial charge in [-0.15, -0.1) is 0 Å². The van der Waals surface area contributed by atoms with Crippen LogP contribution in [-0.4, -0.2) is 35.3 Å². The lowest BCUT2D eigenvalue weighted by Gasteiger charge is -2.29. The van der Waals surface area contributed by atoms with Crippen LogP contribution < -0.4 is 5.32 Å². The zero-order valence-corrected chi connectivity index (χ0v) is 8.59. The predicted octanol–water partition coefficient (Wildman–Crippen LogP) is 1.02. The monoisotopic (exact) mass is 199 g/mol. The lowest BCUT2D eigenvalue weighted by Crippen LogP contribution is -2.41. The third-order valence-corrected chi connectivity index (χ3v) is 4.10. The highest BCUT2D eigenvalue weighted by atomic mass is 32.2. The van der Waals surface area contributed by atoms with Crippen molar-refractivity contribution >= 4 is 11.8 Å². The maximum Gasteiger partial charge on any atom is 0.0765 e. The van der Waals surface area contributed by atoms with Crippen molar-refractivity contribution in [3.8, 4) is 0 Å². The van der Waals surface area contributed by atoms with Gasteiger partial charge in [-0.3, -0.25) is 0 Å². The zero-order valence-electron chi connectivity index (χ0n) is 7.78. The van der Waals surface area contributed by atoms with Crippen LogP contribution in [0.5, 0.6) is 0 Å². The van der Waals surface area contributed by atoms with Crippen LogP contribution in [0.25, 0.3) is 0 Å². The number of aliphatic hydroxyl groups excluding tert-OH is 1. The van der Waals surface area contributed by atoms with Gasteiger partial charge in [0, 0.05) is 6.54 Å². The van der Waals surface area contributed by atoms with Crippen LogP contribution in [0, 0.1) is 5.92 Å². The van der Waals surface area contributed by atoms with E-state index >= 15 is 0 Å². The summed E-state index contributed by atoms with van der Waals surface area (Å²) in [6, 6.07) is 0.212. The lowest BCUT2D eigenvalue weighted by molar-refractivity contribution is 0.0918. The summed E-state index contributed by atoms with van der Waals surface area (Å²) in [6.45, 7) is 0.918. The number of thioether (sulfide) groups is 1. The lowest BCUT2D eigenvalue weighted by atomic mass is 9.94. The number of hydrogen-bond acceptors (Lipinski definition) is 3. The molecule has 2 aliphatic rings. The van der Waals surface area contributed by atoms with E-state index in [-0.39, 0.29) is 12.1 Å². The van der Waals surface area contributed by atoms with Crippen molar-refractivity contribution in [3.05, 3.63) is 12.2 Å². The molecule has 0 radical (unpaired) electrons. The van der Waals surface area contributed by atoms with E-state index in [1.165, 1.54) is 18.6 Å². The van der Waals surface area contributed by atoms with E-state index in [1.807, 2.05) is 11.8 Å². The molecule has 0 amide bonds. The van der Waals surface area contributed by atoms with Gasteiger partial charge in [0.2, 0.25) is 0 Å². The summed E-state index contributed by atoms with van der Waals surface area (Å²) in [6.07, 6.45) is 6.49. The van der Waals surface area contributed by atoms with E-state index in [2.05, 4.69) is 17.5 Å². The SMILES string of the molecule is OC(C1CCCSC1)C1C=CCN1. The van der Waals surface area contributed by atoms with Gasteiger partial charge in [0.25, 0.3) is 0 Å². The Morgan fingerprint density at radius 2 is 2.46 bits per heavy atom. The molecule has 2 rings (SSSR count). The fourth-order valence-electron chi connectivity index (χ4n) is 2.05. The molecule has 2 aliphatic heterocycles. The molecule has 0 aromatic rings. The summed E-state index contributed by atoms with van der Waals surface area (Å²) in [5.74, 6) is 2.91. The quantitative estimate of drug-likeness (QED) is 0.651. The third-order valence-electron chi connectivity index (χ3n) is 2.86. The van der Waals surface area contributed by atoms with Gasteiger partial charge in [0.05, 0.1) is 12.1 Å². The van der Waals surface area contributed by atoms with Crippen molar-refractivity contribution < 1.29 is 5.11 Å². The molecule has 0 aromatic heterocycles. The molecular formula is C10H17NOS. The van der Waals surface area contributed by atoms with Gasteiger partial charge in [-0.2, -0.15) is 11.8 Å². The Morgan fingerprint density at radius 1 is 1.54 bits per heavy atom. The molecule has 0 aliphatic carbocycles. The zero-order chi connectivity index (χ0) is 9.10. The van der Waals surface area contributed by atoms with E-state index in [0.29, 0.717) is 5.92 Å². The van der Waals surface area contributed by atoms with Crippen LogP contribution in [0.4, 0.5) is 0 Å². The minimum absolute atomic E-state index is 0.174. The van der Waals surface area contributed by atoms with Crippen molar-refractivity contribution in [2.24, 2.45) is 5.92 Å². The first-order valence-electron chi connectivity index (χ1n) is 5.04. The third kappa shape index (κ3) is 2.27. The average Bonchev–Trinajstić information content (AvgIpc) is 2.71. The van der Waals surface area contributed by atoms with Crippen LogP contribution in [0.2, 0.25) is 0 Å². The molecule has 2 heterocycles. The molecule has 1 saturated heterocycles. The maximum absolute atomic E-state index is 10.0. The Balaban J connectivity index is 1.87. The van der Waals surface area contributed by atoms with Crippen molar-refractivity contribution in [2.75, 3.05) is 18.1 Å². The highest BCUT2D eigenvalue weighted by Gasteiger charge is 2.28. The van der Waals surface area contributed by atoms with Crippen molar-refractivity contribution in [1.29, 1.82) is 0 Å². The number of aliphatic hydroxyl groups is 1. The standard InChI is InChI=1S/C10H17NOS/c12-10(9-4-1-5-11-9)8-3-2-6-13-7-8/h1,4,8-12H,2-3,5-7H2. The molecule has 0 bridgehead atoms. The average molecular weight is 199 g/mol. The Hall–Kier alpha value is 0.01000. The smallest absolute Gasteiger partial charge is 0.0765 e. The van der Waals surface area contributed by atoms with Crippen molar-refractivity contribution in [2.45, 2.75) is 25.0 Å². The van der Waals surface area contributed by atoms with E-state index in [9.17, 15) is 5.11 Å². The molecular weight excluding hydrogens is 182 g/mol. The van der Waals surface area contributed by atoms with E-state index in [4.69, 9.17) is 0 Å². The normalized spacial score (nSPS) is 36.4. The molecule has 3 atom stereocenters. The summed E-state index contributed by atoms with van der Waals surface area (Å²) < 4.78 is 0. The predicted molar refractivity (Wildman–Crippen MR) is 57.0 cm³/mol. The minimum atomic E-state index is -0.174. The Bertz CT molecular complexity index is 189. The molecule has 74 valence electrons. The van der Waals surface area contributed by atoms with Crippen LogP contribution in [0.3, 0.4) is 0 Å². The summed E-state index contributed by atoms with van der Waals surface area (Å²) in [7, 11) is 0. The van der Waals surface area contributed by atoms with Crippen LogP contribution in [0.15, 0.2) is 12.2 Å². The van der Waals surface area contributed by atoms with Gasteiger partial charge in [0.15, 0.2) is 0 Å². The molecule has 0 spiro atoms. The Morgan fingerprint density at radius 3 is 3.08 bits per heavy atom. The second-order valence-corrected chi connectivity index (χ2v) is 4.98. The van der Waals surface area contributed by atoms with E-state index in [1.54, 1.807) is 0 Å². The highest BCUT2D eigenvalue weighted by Crippen LogP contribution is 2.27. The second-order valence-electron chi connectivity index (χ2n) is 3.83. The van der Waals surface area contributed by atoms with Crippen molar-refractivity contribution in [1.82, 2.24) is 5.32 Å². The molecule has 13 heavy (non-hydrogen) atoms. The first kappa shape index (κ1) is 9.56. The molecule has 3 unspecified atom stereocenters. The summed E-state index contributed by atoms with van der Waals surface area (Å²) >= 11 is 1.98. The fraction of sp³-hybridized carbons (Fsp3) is 0.800. The van der Waals surface area contributed by atoms with Crippen LogP contribution in [-0.2, 0) is 0 Å². The highest BCUT2D eigenvalue weighted by molar-refractivity contribution is 7.99. The number of hydrogen-bond donors (Lipinski definition) is 2. The first-order chi connectivity index (χ1) is 6.38. The minimum Gasteiger partial charge on any atom is -0.391 e. The number of nitrogens with one attached hydrogen (secondary N) is 1. The largest absolute Gasteiger partial charge is 0.391 e. The van der Waals surface area contributed by atoms with Gasteiger partial charge in [0.1, 0.15) is 0 Å². The molecule has 2 nitrogen and oxygen atoms in total. The Labute approximate surface area is 83.8 Å². The molecule has 0 aromatic carbocycles. The molecule has 0 saturated carbocycles.